The van der Waals surface area contributed by atoms with Crippen LogP contribution in [0.15, 0.2) is 0 Å². The average molecular weight is 150 g/mol. The van der Waals surface area contributed by atoms with Gasteiger partial charge in [0.15, 0.2) is 0 Å². The molecule has 0 rings (SSSR count). The highest BCUT2D eigenvalue weighted by Gasteiger charge is 2.19. The Balaban J connectivity index is 3.58. The largest absolute Gasteiger partial charge is 0.231 e. The third-order valence-corrected chi connectivity index (χ3v) is 1.96. The van der Waals surface area contributed by atoms with Crippen molar-refractivity contribution >= 4 is 11.6 Å². The molecule has 0 saturated heterocycles. The third-order valence-electron chi connectivity index (χ3n) is 1.40. The molecule has 2 heteroatoms. The lowest BCUT2D eigenvalue weighted by Crippen LogP contribution is -2.24. The van der Waals surface area contributed by atoms with Gasteiger partial charge in [0.2, 0.25) is 0 Å². The fourth-order valence-electron chi connectivity index (χ4n) is 0.650. The zero-order valence-electron chi connectivity index (χ0n) is 6.23. The van der Waals surface area contributed by atoms with E-state index in [1.54, 1.807) is 0 Å². The Labute approximate surface area is 62.0 Å². The van der Waals surface area contributed by atoms with Crippen LogP contribution in [0.1, 0.15) is 27.2 Å². The normalized spacial score (nSPS) is 18.0. The van der Waals surface area contributed by atoms with Gasteiger partial charge in [-0.05, 0) is 12.3 Å². The summed E-state index contributed by atoms with van der Waals surface area (Å²) >= 11 is 5.70. The molecule has 2 atom stereocenters. The predicted octanol–water partition coefficient (Wildman–Crippen LogP) is 2.46. The van der Waals surface area contributed by atoms with Gasteiger partial charge in [0.05, 0.1) is 5.38 Å². The molecule has 0 spiro atoms. The van der Waals surface area contributed by atoms with E-state index in [2.05, 4.69) is 0 Å². The number of hydrogen-bond acceptors (Lipinski definition) is 0. The highest BCUT2D eigenvalue weighted by Crippen LogP contribution is 2.14. The summed E-state index contributed by atoms with van der Waals surface area (Å²) in [5, 5.41) is 10.8. The Morgan fingerprint density at radius 3 is 2.00 bits per heavy atom. The van der Waals surface area contributed by atoms with E-state index in [4.69, 9.17) is 11.6 Å². The van der Waals surface area contributed by atoms with Crippen molar-refractivity contribution in [3.63, 3.8) is 0 Å². The third kappa shape index (κ3) is 3.07. The van der Waals surface area contributed by atoms with Gasteiger partial charge in [-0.3, -0.25) is 0 Å². The summed E-state index contributed by atoms with van der Waals surface area (Å²) in [6.07, 6.45) is 0.171. The molecule has 0 amide bonds. The molecule has 0 aliphatic carbocycles. The van der Waals surface area contributed by atoms with E-state index >= 15 is 0 Å². The van der Waals surface area contributed by atoms with E-state index in [-0.39, 0.29) is 11.3 Å². The van der Waals surface area contributed by atoms with Gasteiger partial charge >= 0.3 is 0 Å². The van der Waals surface area contributed by atoms with Gasteiger partial charge in [-0.1, -0.05) is 20.8 Å². The summed E-state index contributed by atoms with van der Waals surface area (Å²) in [7, 11) is 0. The Bertz CT molecular complexity index is 73.3. The number of alkyl halides is 1. The monoisotopic (exact) mass is 149 g/mol. The van der Waals surface area contributed by atoms with Crippen LogP contribution in [-0.4, -0.2) is 11.5 Å². The molecule has 0 N–H and O–H groups in total. The molecule has 0 aliphatic rings. The fourth-order valence-corrected chi connectivity index (χ4v) is 0.941. The van der Waals surface area contributed by atoms with E-state index in [0.717, 1.165) is 6.42 Å². The molecule has 0 aliphatic heterocycles. The van der Waals surface area contributed by atoms with Gasteiger partial charge in [-0.15, -0.1) is 11.6 Å². The van der Waals surface area contributed by atoms with Crippen LogP contribution in [0.4, 0.5) is 0 Å². The molecule has 0 heterocycles. The maximum atomic E-state index is 11.0. The highest BCUT2D eigenvalue weighted by atomic mass is 35.5. The lowest BCUT2D eigenvalue weighted by atomic mass is 10.0. The molecule has 1 nitrogen and oxygen atoms in total. The van der Waals surface area contributed by atoms with Crippen LogP contribution in [0.25, 0.3) is 0 Å². The number of rotatable bonds is 3. The Morgan fingerprint density at radius 1 is 1.44 bits per heavy atom. The molecule has 0 bridgehead atoms. The minimum atomic E-state index is -0.600. The second kappa shape index (κ2) is 4.13. The van der Waals surface area contributed by atoms with Crippen LogP contribution in [0.5, 0.6) is 0 Å². The van der Waals surface area contributed by atoms with Crippen LogP contribution < -0.4 is 0 Å². The zero-order chi connectivity index (χ0) is 7.44. The Morgan fingerprint density at radius 2 is 1.89 bits per heavy atom. The standard InChI is InChI=1S/C7H14ClO/c1-4-6(8)7(9)5(2)3/h5-7H,4H2,1-3H3. The second-order valence-corrected chi connectivity index (χ2v) is 3.19. The Kier molecular flexibility index (Phi) is 4.24. The summed E-state index contributed by atoms with van der Waals surface area (Å²) in [4.78, 5) is 0. The fraction of sp³-hybridized carbons (Fsp3) is 1.00. The molecule has 0 aromatic carbocycles. The first-order chi connectivity index (χ1) is 4.09. The van der Waals surface area contributed by atoms with Crippen molar-refractivity contribution in [3.05, 3.63) is 0 Å². The molecular formula is C7H14ClO. The van der Waals surface area contributed by atoms with Crippen molar-refractivity contribution in [1.29, 1.82) is 0 Å². The molecule has 55 valence electrons. The first kappa shape index (κ1) is 9.25. The lowest BCUT2D eigenvalue weighted by molar-refractivity contribution is 0.0453. The summed E-state index contributed by atoms with van der Waals surface area (Å²) in [6.45, 7) is 5.75. The molecule has 0 aromatic rings. The summed E-state index contributed by atoms with van der Waals surface area (Å²) in [5.41, 5.74) is 0. The van der Waals surface area contributed by atoms with Crippen molar-refractivity contribution in [2.45, 2.75) is 38.7 Å². The van der Waals surface area contributed by atoms with Crippen molar-refractivity contribution in [3.8, 4) is 0 Å². The maximum Gasteiger partial charge on any atom is 0.112 e. The minimum absolute atomic E-state index is 0.160. The van der Waals surface area contributed by atoms with E-state index in [9.17, 15) is 5.11 Å². The smallest absolute Gasteiger partial charge is 0.112 e. The Hall–Kier alpha value is 0.250. The minimum Gasteiger partial charge on any atom is -0.231 e. The molecule has 0 aromatic heterocycles. The predicted molar refractivity (Wildman–Crippen MR) is 39.2 cm³/mol. The van der Waals surface area contributed by atoms with E-state index < -0.39 is 6.10 Å². The van der Waals surface area contributed by atoms with E-state index in [1.165, 1.54) is 0 Å². The lowest BCUT2D eigenvalue weighted by Gasteiger charge is -2.15. The first-order valence-corrected chi connectivity index (χ1v) is 3.83. The molecule has 9 heavy (non-hydrogen) atoms. The van der Waals surface area contributed by atoms with Crippen LogP contribution in [0.2, 0.25) is 0 Å². The first-order valence-electron chi connectivity index (χ1n) is 3.39. The average Bonchev–Trinajstić information content (AvgIpc) is 1.84. The van der Waals surface area contributed by atoms with E-state index in [0.29, 0.717) is 0 Å². The van der Waals surface area contributed by atoms with Crippen LogP contribution in [0.3, 0.4) is 0 Å². The number of hydrogen-bond donors (Lipinski definition) is 0. The van der Waals surface area contributed by atoms with Crippen LogP contribution in [-0.2, 0) is 5.11 Å². The topological polar surface area (TPSA) is 19.9 Å². The summed E-state index contributed by atoms with van der Waals surface area (Å²) < 4.78 is 0. The van der Waals surface area contributed by atoms with E-state index in [1.807, 2.05) is 20.8 Å². The van der Waals surface area contributed by atoms with Gasteiger partial charge in [0.1, 0.15) is 6.10 Å². The van der Waals surface area contributed by atoms with Gasteiger partial charge in [-0.2, -0.15) is 0 Å². The van der Waals surface area contributed by atoms with Crippen molar-refractivity contribution in [2.24, 2.45) is 5.92 Å². The van der Waals surface area contributed by atoms with Gasteiger partial charge < -0.3 is 0 Å². The SMILES string of the molecule is CCC(Cl)C([O])C(C)C. The van der Waals surface area contributed by atoms with Crippen molar-refractivity contribution in [2.75, 3.05) is 0 Å². The van der Waals surface area contributed by atoms with Gasteiger partial charge in [-0.25, -0.2) is 5.11 Å². The molecule has 2 unspecified atom stereocenters. The quantitative estimate of drug-likeness (QED) is 0.550. The summed E-state index contributed by atoms with van der Waals surface area (Å²) in [6, 6.07) is 0. The van der Waals surface area contributed by atoms with Crippen LogP contribution >= 0.6 is 11.6 Å². The molecule has 0 fully saturated rings. The van der Waals surface area contributed by atoms with Crippen LogP contribution in [0, 0.1) is 5.92 Å². The van der Waals surface area contributed by atoms with Gasteiger partial charge in [0, 0.05) is 0 Å². The van der Waals surface area contributed by atoms with Gasteiger partial charge in [0.25, 0.3) is 0 Å². The summed E-state index contributed by atoms with van der Waals surface area (Å²) in [5.74, 6) is 0.160. The molecule has 1 radical (unpaired) electrons. The zero-order valence-corrected chi connectivity index (χ0v) is 6.98. The number of halogens is 1. The maximum absolute atomic E-state index is 11.0. The highest BCUT2D eigenvalue weighted by molar-refractivity contribution is 6.20. The molecular weight excluding hydrogens is 136 g/mol. The second-order valence-electron chi connectivity index (χ2n) is 2.63. The molecule has 0 saturated carbocycles. The van der Waals surface area contributed by atoms with Crippen molar-refractivity contribution in [1.82, 2.24) is 0 Å². The van der Waals surface area contributed by atoms with Crippen molar-refractivity contribution < 1.29 is 5.11 Å².